The molecule has 6 nitrogen and oxygen atoms in total. The van der Waals surface area contributed by atoms with E-state index in [4.69, 9.17) is 4.74 Å². The Morgan fingerprint density at radius 1 is 1.06 bits per heavy atom. The van der Waals surface area contributed by atoms with Gasteiger partial charge in [-0.1, -0.05) is 44.2 Å². The molecule has 1 atom stereocenters. The number of methoxy groups -OCH3 is 1. The molecule has 1 aromatic carbocycles. The number of piperazine rings is 1. The normalized spacial score (nSPS) is 21.4. The molecule has 0 unspecified atom stereocenters. The van der Waals surface area contributed by atoms with E-state index < -0.39 is 11.6 Å². The van der Waals surface area contributed by atoms with Gasteiger partial charge in [0.05, 0.1) is 0 Å². The summed E-state index contributed by atoms with van der Waals surface area (Å²) in [5.41, 5.74) is 0.698. The molecule has 1 spiro atoms. The number of nitrogens with one attached hydrogen (secondary N) is 1. The maximum Gasteiger partial charge on any atom is 0.246 e. The number of unbranched alkanes of at least 4 members (excludes halogenated alkanes) is 1. The van der Waals surface area contributed by atoms with Gasteiger partial charge in [0, 0.05) is 33.4 Å². The molecule has 2 aliphatic rings. The van der Waals surface area contributed by atoms with E-state index in [1.54, 1.807) is 7.11 Å². The van der Waals surface area contributed by atoms with Gasteiger partial charge in [-0.25, -0.2) is 0 Å². The Morgan fingerprint density at radius 2 is 1.78 bits per heavy atom. The minimum Gasteiger partial charge on any atom is -0.385 e. The van der Waals surface area contributed by atoms with Crippen LogP contribution >= 0.6 is 0 Å². The third-order valence-electron chi connectivity index (χ3n) is 6.96. The van der Waals surface area contributed by atoms with E-state index in [1.165, 1.54) is 12.0 Å². The maximum atomic E-state index is 13.4. The van der Waals surface area contributed by atoms with Crippen molar-refractivity contribution in [2.24, 2.45) is 5.92 Å². The average molecular weight is 444 g/mol. The Morgan fingerprint density at radius 3 is 2.44 bits per heavy atom. The smallest absolute Gasteiger partial charge is 0.246 e. The maximum absolute atomic E-state index is 13.4. The first kappa shape index (κ1) is 24.7. The van der Waals surface area contributed by atoms with E-state index in [9.17, 15) is 9.59 Å². The number of benzene rings is 1. The van der Waals surface area contributed by atoms with Crippen LogP contribution in [0.2, 0.25) is 0 Å². The molecule has 2 amide bonds. The average Bonchev–Trinajstić information content (AvgIpc) is 2.79. The van der Waals surface area contributed by atoms with Crippen molar-refractivity contribution in [2.75, 3.05) is 39.9 Å². The molecule has 0 bridgehead atoms. The number of carbonyl (C=O) groups is 2. The molecular weight excluding hydrogens is 402 g/mol. The predicted molar refractivity (Wildman–Crippen MR) is 127 cm³/mol. The van der Waals surface area contributed by atoms with Gasteiger partial charge in [0.2, 0.25) is 11.8 Å². The number of rotatable bonds is 11. The van der Waals surface area contributed by atoms with Crippen LogP contribution in [0.15, 0.2) is 30.3 Å². The number of nitrogens with zero attached hydrogens (tertiary/aromatic N) is 2. The van der Waals surface area contributed by atoms with E-state index in [-0.39, 0.29) is 11.8 Å². The monoisotopic (exact) mass is 443 g/mol. The predicted octanol–water partition coefficient (Wildman–Crippen LogP) is 3.25. The van der Waals surface area contributed by atoms with Crippen molar-refractivity contribution < 1.29 is 14.3 Å². The molecule has 0 aromatic heterocycles. The summed E-state index contributed by atoms with van der Waals surface area (Å²) in [6, 6.07) is 10.2. The number of hydrogen-bond acceptors (Lipinski definition) is 4. The van der Waals surface area contributed by atoms with Gasteiger partial charge < -0.3 is 19.9 Å². The van der Waals surface area contributed by atoms with Crippen LogP contribution in [0.4, 0.5) is 0 Å². The number of likely N-dealkylation sites (tertiary alicyclic amines) is 1. The van der Waals surface area contributed by atoms with Crippen molar-refractivity contribution in [1.29, 1.82) is 0 Å². The summed E-state index contributed by atoms with van der Waals surface area (Å²) in [6.07, 6.45) is 6.31. The van der Waals surface area contributed by atoms with Gasteiger partial charge in [0.15, 0.2) is 0 Å². The van der Waals surface area contributed by atoms with Crippen LogP contribution in [-0.2, 0) is 20.7 Å². The summed E-state index contributed by atoms with van der Waals surface area (Å²) in [6.45, 7) is 8.15. The Bertz CT molecular complexity index is 729. The fourth-order valence-corrected chi connectivity index (χ4v) is 5.15. The van der Waals surface area contributed by atoms with Gasteiger partial charge in [0.25, 0.3) is 0 Å². The summed E-state index contributed by atoms with van der Waals surface area (Å²) in [5.74, 6) is 0.492. The number of aryl methyl sites for hydroxylation is 1. The third-order valence-corrected chi connectivity index (χ3v) is 6.96. The fraction of sp³-hybridized carbons (Fsp3) is 0.692. The van der Waals surface area contributed by atoms with E-state index >= 15 is 0 Å². The lowest BCUT2D eigenvalue weighted by atomic mass is 9.80. The molecule has 32 heavy (non-hydrogen) atoms. The van der Waals surface area contributed by atoms with Gasteiger partial charge >= 0.3 is 0 Å². The highest BCUT2D eigenvalue weighted by Crippen LogP contribution is 2.34. The highest BCUT2D eigenvalue weighted by Gasteiger charge is 2.53. The number of piperidine rings is 1. The molecule has 2 saturated heterocycles. The summed E-state index contributed by atoms with van der Waals surface area (Å²) in [5, 5.41) is 3.08. The quantitative estimate of drug-likeness (QED) is 0.534. The molecule has 6 heteroatoms. The molecule has 0 radical (unpaired) electrons. The topological polar surface area (TPSA) is 61.9 Å². The van der Waals surface area contributed by atoms with E-state index in [0.717, 1.165) is 38.9 Å². The second-order valence-corrected chi connectivity index (χ2v) is 9.81. The molecule has 1 N–H and O–H groups in total. The number of ether oxygens (including phenoxy) is 1. The summed E-state index contributed by atoms with van der Waals surface area (Å²) in [4.78, 5) is 31.0. The highest BCUT2D eigenvalue weighted by atomic mass is 16.5. The Labute approximate surface area is 193 Å². The van der Waals surface area contributed by atoms with Gasteiger partial charge in [-0.05, 0) is 63.0 Å². The summed E-state index contributed by atoms with van der Waals surface area (Å²) >= 11 is 0. The van der Waals surface area contributed by atoms with Crippen LogP contribution in [0.1, 0.15) is 57.9 Å². The SMILES string of the molecule is COCCCN1C(=O)[C@H](CC(C)C)NC(=O)C12CCN(CCCCc1ccccc1)CC2. The van der Waals surface area contributed by atoms with Gasteiger partial charge in [-0.2, -0.15) is 0 Å². The Kier molecular flexibility index (Phi) is 9.11. The van der Waals surface area contributed by atoms with Gasteiger partial charge in [-0.3, -0.25) is 9.59 Å². The zero-order valence-electron chi connectivity index (χ0n) is 20.1. The molecule has 1 aromatic rings. The van der Waals surface area contributed by atoms with Crippen LogP contribution < -0.4 is 5.32 Å². The van der Waals surface area contributed by atoms with Crippen LogP contribution in [0, 0.1) is 5.92 Å². The lowest BCUT2D eigenvalue weighted by molar-refractivity contribution is -0.162. The third kappa shape index (κ3) is 6.10. The van der Waals surface area contributed by atoms with Crippen molar-refractivity contribution >= 4 is 11.8 Å². The first-order valence-electron chi connectivity index (χ1n) is 12.3. The fourth-order valence-electron chi connectivity index (χ4n) is 5.15. The van der Waals surface area contributed by atoms with Crippen LogP contribution in [0.5, 0.6) is 0 Å². The first-order valence-corrected chi connectivity index (χ1v) is 12.3. The second kappa shape index (κ2) is 11.8. The summed E-state index contributed by atoms with van der Waals surface area (Å²) in [7, 11) is 1.68. The number of hydrogen-bond donors (Lipinski definition) is 1. The molecule has 0 aliphatic carbocycles. The molecule has 0 saturated carbocycles. The Hall–Kier alpha value is -1.92. The number of amides is 2. The largest absolute Gasteiger partial charge is 0.385 e. The van der Waals surface area contributed by atoms with Crippen LogP contribution in [-0.4, -0.2) is 73.1 Å². The second-order valence-electron chi connectivity index (χ2n) is 9.81. The molecule has 2 heterocycles. The van der Waals surface area contributed by atoms with Crippen LogP contribution in [0.25, 0.3) is 0 Å². The van der Waals surface area contributed by atoms with E-state index in [2.05, 4.69) is 54.4 Å². The van der Waals surface area contributed by atoms with Gasteiger partial charge in [-0.15, -0.1) is 0 Å². The lowest BCUT2D eigenvalue weighted by Gasteiger charge is -2.52. The van der Waals surface area contributed by atoms with E-state index in [0.29, 0.717) is 38.3 Å². The van der Waals surface area contributed by atoms with Crippen LogP contribution in [0.3, 0.4) is 0 Å². The zero-order valence-corrected chi connectivity index (χ0v) is 20.1. The highest BCUT2D eigenvalue weighted by molar-refractivity contribution is 6.00. The van der Waals surface area contributed by atoms with Crippen molar-refractivity contribution in [1.82, 2.24) is 15.1 Å². The molecule has 2 aliphatic heterocycles. The minimum atomic E-state index is -0.696. The van der Waals surface area contributed by atoms with Crippen molar-refractivity contribution in [2.45, 2.75) is 70.4 Å². The Balaban J connectivity index is 1.56. The molecule has 3 rings (SSSR count). The van der Waals surface area contributed by atoms with E-state index in [1.807, 2.05) is 4.90 Å². The van der Waals surface area contributed by atoms with Crippen molar-refractivity contribution in [3.05, 3.63) is 35.9 Å². The van der Waals surface area contributed by atoms with Gasteiger partial charge in [0.1, 0.15) is 11.6 Å². The first-order chi connectivity index (χ1) is 15.5. The molecular formula is C26H41N3O3. The molecule has 178 valence electrons. The standard InChI is InChI=1S/C26H41N3O3/c1-21(2)20-23-24(30)29(16-9-19-32-3)26(25(31)27-23)13-17-28(18-14-26)15-8-7-12-22-10-5-4-6-11-22/h4-6,10-11,21,23H,7-9,12-20H2,1-3H3,(H,27,31)/t23-/m0/s1. The lowest BCUT2D eigenvalue weighted by Crippen LogP contribution is -2.73. The zero-order chi connectivity index (χ0) is 23.0. The summed E-state index contributed by atoms with van der Waals surface area (Å²) < 4.78 is 5.22. The number of carbonyl (C=O) groups excluding carboxylic acids is 2. The van der Waals surface area contributed by atoms with Crippen molar-refractivity contribution in [3.63, 3.8) is 0 Å². The van der Waals surface area contributed by atoms with Crippen molar-refractivity contribution in [3.8, 4) is 0 Å². The minimum absolute atomic E-state index is 0.0453. The molecule has 2 fully saturated rings.